The van der Waals surface area contributed by atoms with Gasteiger partial charge in [0.15, 0.2) is 0 Å². The van der Waals surface area contributed by atoms with Gasteiger partial charge in [0, 0.05) is 25.7 Å². The molecule has 0 amide bonds. The summed E-state index contributed by atoms with van der Waals surface area (Å²) < 4.78 is 32.4. The van der Waals surface area contributed by atoms with Gasteiger partial charge in [-0.15, -0.1) is 0 Å². The number of piperazine rings is 1. The summed E-state index contributed by atoms with van der Waals surface area (Å²) in [6, 6.07) is 5.46. The third-order valence-corrected chi connectivity index (χ3v) is 5.75. The zero-order chi connectivity index (χ0) is 14.9. The zero-order valence-corrected chi connectivity index (χ0v) is 13.3. The first-order valence-electron chi connectivity index (χ1n) is 6.71. The predicted octanol–water partition coefficient (Wildman–Crippen LogP) is 1.33. The molecular weight excluding hydrogens is 276 g/mol. The maximum Gasteiger partial charge on any atom is 0.246 e. The van der Waals surface area contributed by atoms with Crippen molar-refractivity contribution in [1.82, 2.24) is 9.21 Å². The molecule has 0 saturated carbocycles. The van der Waals surface area contributed by atoms with Crippen LogP contribution in [0.3, 0.4) is 0 Å². The van der Waals surface area contributed by atoms with Crippen molar-refractivity contribution in [3.8, 4) is 5.75 Å². The molecule has 1 aromatic carbocycles. The van der Waals surface area contributed by atoms with E-state index in [1.165, 1.54) is 7.11 Å². The minimum atomic E-state index is -3.50. The van der Waals surface area contributed by atoms with Crippen molar-refractivity contribution < 1.29 is 13.2 Å². The molecule has 6 heteroatoms. The first-order valence-corrected chi connectivity index (χ1v) is 8.15. The third kappa shape index (κ3) is 2.82. The largest absolute Gasteiger partial charge is 0.495 e. The van der Waals surface area contributed by atoms with Crippen molar-refractivity contribution in [2.45, 2.75) is 24.8 Å². The van der Waals surface area contributed by atoms with E-state index in [1.54, 1.807) is 16.4 Å². The van der Waals surface area contributed by atoms with Crippen molar-refractivity contribution in [3.05, 3.63) is 23.8 Å². The van der Waals surface area contributed by atoms with Crippen molar-refractivity contribution in [2.24, 2.45) is 0 Å². The quantitative estimate of drug-likeness (QED) is 0.845. The Labute approximate surface area is 121 Å². The van der Waals surface area contributed by atoms with Crippen LogP contribution in [0.1, 0.15) is 12.5 Å². The lowest BCUT2D eigenvalue weighted by molar-refractivity contribution is 0.159. The maximum absolute atomic E-state index is 12.8. The highest BCUT2D eigenvalue weighted by Gasteiger charge is 2.32. The molecule has 1 aromatic rings. The second kappa shape index (κ2) is 5.71. The highest BCUT2D eigenvalue weighted by molar-refractivity contribution is 7.89. The topological polar surface area (TPSA) is 49.9 Å². The number of methoxy groups -OCH3 is 1. The van der Waals surface area contributed by atoms with E-state index in [-0.39, 0.29) is 10.9 Å². The summed E-state index contributed by atoms with van der Waals surface area (Å²) in [5.41, 5.74) is 0.909. The SMILES string of the molecule is COc1ccc(C)cc1S(=O)(=O)N1CCN(C)C(C)C1. The average Bonchev–Trinajstić information content (AvgIpc) is 2.41. The molecule has 5 nitrogen and oxygen atoms in total. The molecule has 0 N–H and O–H groups in total. The van der Waals surface area contributed by atoms with Crippen molar-refractivity contribution in [3.63, 3.8) is 0 Å². The van der Waals surface area contributed by atoms with Gasteiger partial charge in [-0.1, -0.05) is 6.07 Å². The van der Waals surface area contributed by atoms with E-state index in [0.717, 1.165) is 12.1 Å². The molecule has 112 valence electrons. The van der Waals surface area contributed by atoms with Crippen LogP contribution in [0.25, 0.3) is 0 Å². The van der Waals surface area contributed by atoms with Gasteiger partial charge in [0.2, 0.25) is 10.0 Å². The molecule has 1 heterocycles. The predicted molar refractivity (Wildman–Crippen MR) is 78.6 cm³/mol. The number of benzene rings is 1. The van der Waals surface area contributed by atoms with Crippen LogP contribution < -0.4 is 4.74 Å². The van der Waals surface area contributed by atoms with E-state index in [2.05, 4.69) is 4.90 Å². The Bertz CT molecular complexity index is 586. The van der Waals surface area contributed by atoms with E-state index in [4.69, 9.17) is 4.74 Å². The number of hydrogen-bond acceptors (Lipinski definition) is 4. The highest BCUT2D eigenvalue weighted by atomic mass is 32.2. The standard InChI is InChI=1S/C14H22N2O3S/c1-11-5-6-13(19-4)14(9-11)20(17,18)16-8-7-15(3)12(2)10-16/h5-6,9,12H,7-8,10H2,1-4H3. The molecule has 1 aliphatic rings. The van der Waals surface area contributed by atoms with E-state index in [9.17, 15) is 8.42 Å². The Balaban J connectivity index is 2.38. The van der Waals surface area contributed by atoms with E-state index < -0.39 is 10.0 Å². The number of aryl methyl sites for hydroxylation is 1. The van der Waals surface area contributed by atoms with Gasteiger partial charge < -0.3 is 9.64 Å². The van der Waals surface area contributed by atoms with Gasteiger partial charge in [0.1, 0.15) is 10.6 Å². The summed E-state index contributed by atoms with van der Waals surface area (Å²) >= 11 is 0. The second-order valence-corrected chi connectivity index (χ2v) is 7.25. The minimum absolute atomic E-state index is 0.217. The Morgan fingerprint density at radius 3 is 2.60 bits per heavy atom. The second-order valence-electron chi connectivity index (χ2n) is 5.35. The van der Waals surface area contributed by atoms with Crippen molar-refractivity contribution >= 4 is 10.0 Å². The van der Waals surface area contributed by atoms with E-state index >= 15 is 0 Å². The molecular formula is C14H22N2O3S. The monoisotopic (exact) mass is 298 g/mol. The van der Waals surface area contributed by atoms with Gasteiger partial charge in [-0.05, 0) is 38.6 Å². The zero-order valence-electron chi connectivity index (χ0n) is 12.5. The lowest BCUT2D eigenvalue weighted by Gasteiger charge is -2.37. The van der Waals surface area contributed by atoms with Gasteiger partial charge in [-0.3, -0.25) is 0 Å². The molecule has 0 aliphatic carbocycles. The fourth-order valence-electron chi connectivity index (χ4n) is 2.36. The van der Waals surface area contributed by atoms with Crippen LogP contribution in [-0.2, 0) is 10.0 Å². The summed E-state index contributed by atoms with van der Waals surface area (Å²) in [4.78, 5) is 2.43. The fourth-order valence-corrected chi connectivity index (χ4v) is 4.11. The van der Waals surface area contributed by atoms with Crippen LogP contribution >= 0.6 is 0 Å². The summed E-state index contributed by atoms with van der Waals surface area (Å²) in [5.74, 6) is 0.405. The minimum Gasteiger partial charge on any atom is -0.495 e. The van der Waals surface area contributed by atoms with Crippen molar-refractivity contribution in [1.29, 1.82) is 0 Å². The highest BCUT2D eigenvalue weighted by Crippen LogP contribution is 2.28. The Hall–Kier alpha value is -1.11. The van der Waals surface area contributed by atoms with Crippen molar-refractivity contribution in [2.75, 3.05) is 33.8 Å². The number of rotatable bonds is 3. The van der Waals surface area contributed by atoms with Crippen LogP contribution in [0.5, 0.6) is 5.75 Å². The van der Waals surface area contributed by atoms with Crippen LogP contribution in [0.15, 0.2) is 23.1 Å². The number of hydrogen-bond donors (Lipinski definition) is 0. The van der Waals surface area contributed by atoms with Crippen LogP contribution in [0, 0.1) is 6.92 Å². The average molecular weight is 298 g/mol. The Morgan fingerprint density at radius 1 is 1.30 bits per heavy atom. The first kappa shape index (κ1) is 15.3. The molecule has 1 aliphatic heterocycles. The first-order chi connectivity index (χ1) is 9.36. The molecule has 2 rings (SSSR count). The number of likely N-dealkylation sites (N-methyl/N-ethyl adjacent to an activating group) is 1. The Kier molecular flexibility index (Phi) is 4.36. The number of nitrogens with zero attached hydrogens (tertiary/aromatic N) is 2. The number of ether oxygens (including phenoxy) is 1. The van der Waals surface area contributed by atoms with Gasteiger partial charge in [-0.2, -0.15) is 4.31 Å². The Morgan fingerprint density at radius 2 is 2.00 bits per heavy atom. The maximum atomic E-state index is 12.8. The molecule has 0 radical (unpaired) electrons. The summed E-state index contributed by atoms with van der Waals surface area (Å²) in [6.07, 6.45) is 0. The van der Waals surface area contributed by atoms with Gasteiger partial charge in [-0.25, -0.2) is 8.42 Å². The fraction of sp³-hybridized carbons (Fsp3) is 0.571. The van der Waals surface area contributed by atoms with E-state index in [1.807, 2.05) is 27.0 Å². The molecule has 0 bridgehead atoms. The molecule has 0 spiro atoms. The van der Waals surface area contributed by atoms with Crippen LogP contribution in [0.4, 0.5) is 0 Å². The lowest BCUT2D eigenvalue weighted by atomic mass is 10.2. The molecule has 1 fully saturated rings. The third-order valence-electron chi connectivity index (χ3n) is 3.86. The van der Waals surface area contributed by atoms with Crippen LogP contribution in [-0.4, -0.2) is 57.5 Å². The normalized spacial score (nSPS) is 21.9. The van der Waals surface area contributed by atoms with Gasteiger partial charge in [0.05, 0.1) is 7.11 Å². The summed E-state index contributed by atoms with van der Waals surface area (Å²) in [7, 11) is 0.0101. The van der Waals surface area contributed by atoms with Crippen LogP contribution in [0.2, 0.25) is 0 Å². The molecule has 1 atom stereocenters. The molecule has 1 unspecified atom stereocenters. The van der Waals surface area contributed by atoms with Gasteiger partial charge >= 0.3 is 0 Å². The summed E-state index contributed by atoms with van der Waals surface area (Å²) in [5, 5.41) is 0. The summed E-state index contributed by atoms with van der Waals surface area (Å²) in [6.45, 7) is 5.69. The molecule has 0 aromatic heterocycles. The van der Waals surface area contributed by atoms with Gasteiger partial charge in [0.25, 0.3) is 0 Å². The lowest BCUT2D eigenvalue weighted by Crippen LogP contribution is -2.51. The molecule has 1 saturated heterocycles. The molecule has 20 heavy (non-hydrogen) atoms. The smallest absolute Gasteiger partial charge is 0.246 e. The number of sulfonamides is 1. The van der Waals surface area contributed by atoms with E-state index in [0.29, 0.717) is 18.8 Å².